The van der Waals surface area contributed by atoms with E-state index >= 15 is 0 Å². The molecule has 0 bridgehead atoms. The summed E-state index contributed by atoms with van der Waals surface area (Å²) in [6.45, 7) is 3.90. The van der Waals surface area contributed by atoms with E-state index in [1.165, 1.54) is 11.3 Å². The molecule has 0 atom stereocenters. The summed E-state index contributed by atoms with van der Waals surface area (Å²) in [5, 5.41) is 0. The molecular formula is C15H16N2O3S. The van der Waals surface area contributed by atoms with Crippen LogP contribution in [0.15, 0.2) is 28.0 Å². The molecule has 1 aliphatic heterocycles. The smallest absolute Gasteiger partial charge is 0.270 e. The van der Waals surface area contributed by atoms with Crippen LogP contribution in [0.3, 0.4) is 0 Å². The number of hydrogen-bond donors (Lipinski definition) is 0. The van der Waals surface area contributed by atoms with Crippen molar-refractivity contribution in [3.63, 3.8) is 0 Å². The van der Waals surface area contributed by atoms with Crippen LogP contribution < -0.4 is 24.4 Å². The molecule has 0 radical (unpaired) electrons. The highest BCUT2D eigenvalue weighted by molar-refractivity contribution is 7.07. The van der Waals surface area contributed by atoms with Crippen molar-refractivity contribution in [2.75, 3.05) is 20.3 Å². The van der Waals surface area contributed by atoms with E-state index in [1.807, 2.05) is 31.2 Å². The van der Waals surface area contributed by atoms with E-state index in [1.54, 1.807) is 11.7 Å². The first kappa shape index (κ1) is 13.9. The van der Waals surface area contributed by atoms with Crippen molar-refractivity contribution in [3.8, 4) is 11.5 Å². The minimum absolute atomic E-state index is 0.0316. The first-order valence-corrected chi connectivity index (χ1v) is 7.61. The van der Waals surface area contributed by atoms with E-state index in [2.05, 4.69) is 4.99 Å². The van der Waals surface area contributed by atoms with E-state index < -0.39 is 0 Å². The fourth-order valence-electron chi connectivity index (χ4n) is 2.27. The molecular weight excluding hydrogens is 288 g/mol. The van der Waals surface area contributed by atoms with Crippen LogP contribution in [0.2, 0.25) is 0 Å². The summed E-state index contributed by atoms with van der Waals surface area (Å²) in [6, 6.07) is 5.65. The molecule has 0 aliphatic carbocycles. The van der Waals surface area contributed by atoms with Gasteiger partial charge in [0.2, 0.25) is 0 Å². The van der Waals surface area contributed by atoms with Gasteiger partial charge in [-0.05, 0) is 30.7 Å². The van der Waals surface area contributed by atoms with Gasteiger partial charge in [0, 0.05) is 6.54 Å². The normalized spacial score (nSPS) is 13.9. The van der Waals surface area contributed by atoms with Gasteiger partial charge in [-0.2, -0.15) is 0 Å². The number of thiazole rings is 1. The molecule has 0 spiro atoms. The Morgan fingerprint density at radius 2 is 2.29 bits per heavy atom. The minimum Gasteiger partial charge on any atom is -0.493 e. The van der Waals surface area contributed by atoms with Gasteiger partial charge in [0.15, 0.2) is 16.3 Å². The molecule has 5 nitrogen and oxygen atoms in total. The first-order chi connectivity index (χ1) is 10.2. The van der Waals surface area contributed by atoms with E-state index in [-0.39, 0.29) is 5.56 Å². The zero-order valence-corrected chi connectivity index (χ0v) is 12.8. The van der Waals surface area contributed by atoms with Crippen molar-refractivity contribution in [2.24, 2.45) is 4.99 Å². The maximum Gasteiger partial charge on any atom is 0.270 e. The number of benzene rings is 1. The van der Waals surface area contributed by atoms with Crippen molar-refractivity contribution in [1.29, 1.82) is 0 Å². The third-order valence-corrected chi connectivity index (χ3v) is 4.29. The van der Waals surface area contributed by atoms with E-state index in [4.69, 9.17) is 9.47 Å². The number of hydrogen-bond acceptors (Lipinski definition) is 5. The number of fused-ring (bicyclic) bond motifs is 1. The summed E-state index contributed by atoms with van der Waals surface area (Å²) in [5.74, 6) is 1.37. The zero-order chi connectivity index (χ0) is 14.8. The van der Waals surface area contributed by atoms with Crippen LogP contribution in [0.4, 0.5) is 0 Å². The van der Waals surface area contributed by atoms with Gasteiger partial charge in [0.1, 0.15) is 0 Å². The van der Waals surface area contributed by atoms with Gasteiger partial charge < -0.3 is 9.47 Å². The Hall–Kier alpha value is -2.08. The topological polar surface area (TPSA) is 52.8 Å². The van der Waals surface area contributed by atoms with Gasteiger partial charge in [-0.15, -0.1) is 0 Å². The molecule has 0 N–H and O–H groups in total. The Morgan fingerprint density at radius 1 is 1.43 bits per heavy atom. The second-order valence-corrected chi connectivity index (χ2v) is 5.58. The molecule has 0 saturated carbocycles. The Balaban J connectivity index is 2.06. The molecule has 0 fully saturated rings. The predicted octanol–water partition coefficient (Wildman–Crippen LogP) is 0.779. The molecule has 110 valence electrons. The number of aromatic nitrogens is 1. The van der Waals surface area contributed by atoms with Gasteiger partial charge in [-0.1, -0.05) is 17.4 Å². The highest BCUT2D eigenvalue weighted by Crippen LogP contribution is 2.28. The first-order valence-electron chi connectivity index (χ1n) is 6.79. The third-order valence-electron chi connectivity index (χ3n) is 3.24. The maximum absolute atomic E-state index is 12.2. The lowest BCUT2D eigenvalue weighted by molar-refractivity contribution is 0.311. The quantitative estimate of drug-likeness (QED) is 0.839. The van der Waals surface area contributed by atoms with Crippen molar-refractivity contribution in [3.05, 3.63) is 43.5 Å². The molecule has 2 aromatic rings. The van der Waals surface area contributed by atoms with Gasteiger partial charge in [-0.3, -0.25) is 14.4 Å². The Kier molecular flexibility index (Phi) is 3.79. The summed E-state index contributed by atoms with van der Waals surface area (Å²) in [6.07, 6.45) is 1.87. The monoisotopic (exact) mass is 304 g/mol. The molecule has 3 rings (SSSR count). The fourth-order valence-corrected chi connectivity index (χ4v) is 3.30. The summed E-state index contributed by atoms with van der Waals surface area (Å²) >= 11 is 1.43. The van der Waals surface area contributed by atoms with Gasteiger partial charge in [0.25, 0.3) is 5.56 Å². The highest BCUT2D eigenvalue weighted by atomic mass is 32.1. The molecule has 0 saturated heterocycles. The standard InChI is InChI=1S/C15H16N2O3S/c1-3-20-11-5-4-10(8-12(11)19-2)9-13-14(18)17-7-6-16-15(17)21-13/h4-5,8-9H,3,6-7H2,1-2H3/b13-9-. The lowest BCUT2D eigenvalue weighted by atomic mass is 10.2. The summed E-state index contributed by atoms with van der Waals surface area (Å²) in [5.41, 5.74) is 0.942. The Bertz CT molecular complexity index is 836. The van der Waals surface area contributed by atoms with Crippen LogP contribution in [0.1, 0.15) is 12.5 Å². The van der Waals surface area contributed by atoms with E-state index in [0.717, 1.165) is 10.4 Å². The summed E-state index contributed by atoms with van der Waals surface area (Å²) in [7, 11) is 1.61. The van der Waals surface area contributed by atoms with E-state index in [0.29, 0.717) is 35.7 Å². The van der Waals surface area contributed by atoms with Gasteiger partial charge >= 0.3 is 0 Å². The van der Waals surface area contributed by atoms with Gasteiger partial charge in [0.05, 0.1) is 24.8 Å². The number of nitrogens with zero attached hydrogens (tertiary/aromatic N) is 2. The van der Waals surface area contributed by atoms with Crippen LogP contribution in [0.5, 0.6) is 11.5 Å². The Labute approximate surface area is 125 Å². The highest BCUT2D eigenvalue weighted by Gasteiger charge is 2.10. The van der Waals surface area contributed by atoms with Crippen molar-refractivity contribution in [2.45, 2.75) is 13.5 Å². The summed E-state index contributed by atoms with van der Waals surface area (Å²) in [4.78, 5) is 17.3. The lowest BCUT2D eigenvalue weighted by Crippen LogP contribution is -2.29. The second-order valence-electron chi connectivity index (χ2n) is 4.58. The molecule has 6 heteroatoms. The molecule has 2 heterocycles. The fraction of sp³-hybridized carbons (Fsp3) is 0.333. The van der Waals surface area contributed by atoms with Crippen LogP contribution >= 0.6 is 11.3 Å². The predicted molar refractivity (Wildman–Crippen MR) is 82.0 cm³/mol. The lowest BCUT2D eigenvalue weighted by Gasteiger charge is -2.09. The van der Waals surface area contributed by atoms with Crippen LogP contribution in [0.25, 0.3) is 6.08 Å². The van der Waals surface area contributed by atoms with Gasteiger partial charge in [-0.25, -0.2) is 0 Å². The van der Waals surface area contributed by atoms with Crippen molar-refractivity contribution >= 4 is 17.4 Å². The molecule has 1 aromatic carbocycles. The van der Waals surface area contributed by atoms with Crippen molar-refractivity contribution in [1.82, 2.24) is 4.57 Å². The van der Waals surface area contributed by atoms with Crippen LogP contribution in [0, 0.1) is 0 Å². The van der Waals surface area contributed by atoms with Crippen molar-refractivity contribution < 1.29 is 9.47 Å². The van der Waals surface area contributed by atoms with E-state index in [9.17, 15) is 4.79 Å². The molecule has 1 aliphatic rings. The zero-order valence-electron chi connectivity index (χ0n) is 12.0. The molecule has 1 aromatic heterocycles. The van der Waals surface area contributed by atoms with Crippen LogP contribution in [-0.4, -0.2) is 24.8 Å². The number of methoxy groups -OCH3 is 1. The van der Waals surface area contributed by atoms with Crippen LogP contribution in [-0.2, 0) is 6.54 Å². The average molecular weight is 304 g/mol. The molecule has 21 heavy (non-hydrogen) atoms. The molecule has 0 amide bonds. The second kappa shape index (κ2) is 5.73. The molecule has 0 unspecified atom stereocenters. The summed E-state index contributed by atoms with van der Waals surface area (Å²) < 4.78 is 13.2. The third kappa shape index (κ3) is 2.58. The largest absolute Gasteiger partial charge is 0.493 e. The average Bonchev–Trinajstić information content (AvgIpc) is 3.05. The minimum atomic E-state index is 0.0316. The maximum atomic E-state index is 12.2. The SMILES string of the molecule is CCOc1ccc(/C=c2\sc3n(c2=O)CCN=3)cc1OC. The number of rotatable bonds is 4. The Morgan fingerprint density at radius 3 is 3.00 bits per heavy atom. The number of ether oxygens (including phenoxy) is 2.